The molecule has 0 unspecified atom stereocenters. The van der Waals surface area contributed by atoms with Gasteiger partial charge in [0.15, 0.2) is 0 Å². The van der Waals surface area contributed by atoms with Crippen molar-refractivity contribution in [1.29, 1.82) is 0 Å². The Morgan fingerprint density at radius 1 is 0.796 bits per heavy atom. The summed E-state index contributed by atoms with van der Waals surface area (Å²) in [6.45, 7) is 18.1. The van der Waals surface area contributed by atoms with E-state index in [0.29, 0.717) is 23.3 Å². The molecule has 0 aliphatic carbocycles. The van der Waals surface area contributed by atoms with Crippen LogP contribution in [-0.4, -0.2) is 19.3 Å². The van der Waals surface area contributed by atoms with Gasteiger partial charge in [-0.2, -0.15) is 17.2 Å². The van der Waals surface area contributed by atoms with Gasteiger partial charge < -0.3 is 9.30 Å². The summed E-state index contributed by atoms with van der Waals surface area (Å²) in [6.07, 6.45) is 5.96. The maximum atomic E-state index is 6.42. The average Bonchev–Trinajstić information content (AvgIpc) is 3.67. The number of ether oxygens (including phenoxy) is 1. The third-order valence-electron chi connectivity index (χ3n) is 9.06. The molecule has 0 bridgehead atoms. The number of pyridine rings is 1. The molecule has 250 valence electrons. The number of para-hydroxylation sites is 1. The second-order valence-corrected chi connectivity index (χ2v) is 14.4. The minimum absolute atomic E-state index is 0. The fraction of sp³-hybridized carbons (Fsp3) is 0.256. The molecule has 0 fully saturated rings. The normalized spacial score (nSPS) is 11.9. The molecule has 6 heteroatoms. The van der Waals surface area contributed by atoms with Crippen LogP contribution in [0.2, 0.25) is 0 Å². The van der Waals surface area contributed by atoms with Crippen LogP contribution in [0, 0.1) is 19.1 Å². The fourth-order valence-electron chi connectivity index (χ4n) is 6.84. The zero-order chi connectivity index (χ0) is 33.7. The van der Waals surface area contributed by atoms with E-state index in [1.807, 2.05) is 47.4 Å². The Hall–Kier alpha value is -4.47. The van der Waals surface area contributed by atoms with Gasteiger partial charge in [0.1, 0.15) is 5.82 Å². The zero-order valence-electron chi connectivity index (χ0n) is 29.4. The van der Waals surface area contributed by atoms with Gasteiger partial charge in [-0.25, -0.2) is 4.98 Å². The van der Waals surface area contributed by atoms with Crippen LogP contribution in [0.25, 0.3) is 44.4 Å². The van der Waals surface area contributed by atoms with Crippen LogP contribution < -0.4 is 4.74 Å². The van der Waals surface area contributed by atoms with Gasteiger partial charge in [-0.05, 0) is 81.3 Å². The molecule has 0 amide bonds. The van der Waals surface area contributed by atoms with Gasteiger partial charge >= 0.3 is 21.1 Å². The van der Waals surface area contributed by atoms with Crippen LogP contribution in [0.3, 0.4) is 0 Å². The van der Waals surface area contributed by atoms with Crippen molar-refractivity contribution in [2.24, 2.45) is 0 Å². The van der Waals surface area contributed by atoms with Gasteiger partial charge in [0.05, 0.1) is 6.20 Å². The topological polar surface area (TPSA) is 44.9 Å². The molecular formula is C43H42N4OPt. The molecule has 7 aromatic rings. The van der Waals surface area contributed by atoms with E-state index in [9.17, 15) is 0 Å². The summed E-state index contributed by atoms with van der Waals surface area (Å²) >= 11 is 0. The van der Waals surface area contributed by atoms with E-state index in [4.69, 9.17) is 14.8 Å². The van der Waals surface area contributed by atoms with Crippen LogP contribution in [0.4, 0.5) is 0 Å². The van der Waals surface area contributed by atoms with Crippen molar-refractivity contribution in [1.82, 2.24) is 19.3 Å². The van der Waals surface area contributed by atoms with E-state index in [-0.39, 0.29) is 26.5 Å². The number of rotatable bonds is 7. The Labute approximate surface area is 304 Å². The van der Waals surface area contributed by atoms with Gasteiger partial charge in [-0.1, -0.05) is 84.3 Å². The first-order chi connectivity index (χ1) is 23.0. The molecule has 5 nitrogen and oxygen atoms in total. The summed E-state index contributed by atoms with van der Waals surface area (Å²) in [5, 5.41) is 7.08. The SMILES string of the molecule is Cc1ccnc(-n2c3[c-]c(Oc4[c-]c(-n5cc(-c6c(C(C)C)ccc(C(C)(C)C)c6C(C)C)cn5)ccc4)ccc3c3ccccc32)c1.[Pt+2]. The predicted octanol–water partition coefficient (Wildman–Crippen LogP) is 11.3. The minimum Gasteiger partial charge on any atom is -0.509 e. The monoisotopic (exact) mass is 825 g/mol. The summed E-state index contributed by atoms with van der Waals surface area (Å²) in [7, 11) is 0. The molecule has 0 spiro atoms. The van der Waals surface area contributed by atoms with E-state index in [0.717, 1.165) is 44.4 Å². The predicted molar refractivity (Wildman–Crippen MR) is 197 cm³/mol. The summed E-state index contributed by atoms with van der Waals surface area (Å²) in [6, 6.07) is 34.1. The largest absolute Gasteiger partial charge is 2.00 e. The van der Waals surface area contributed by atoms with E-state index in [1.54, 1.807) is 0 Å². The molecule has 0 radical (unpaired) electrons. The first-order valence-corrected chi connectivity index (χ1v) is 16.8. The second kappa shape index (κ2) is 13.4. The Kier molecular flexibility index (Phi) is 9.44. The maximum Gasteiger partial charge on any atom is 2.00 e. The van der Waals surface area contributed by atoms with Crippen LogP contribution in [0.1, 0.15) is 82.6 Å². The van der Waals surface area contributed by atoms with Crippen LogP contribution in [-0.2, 0) is 26.5 Å². The number of aromatic nitrogens is 4. The number of benzene rings is 4. The smallest absolute Gasteiger partial charge is 0.509 e. The van der Waals surface area contributed by atoms with Crippen molar-refractivity contribution < 1.29 is 25.8 Å². The molecule has 0 saturated heterocycles. The number of fused-ring (bicyclic) bond motifs is 3. The van der Waals surface area contributed by atoms with Crippen molar-refractivity contribution in [3.63, 3.8) is 0 Å². The minimum atomic E-state index is 0. The van der Waals surface area contributed by atoms with Gasteiger partial charge in [-0.3, -0.25) is 4.68 Å². The number of aryl methyl sites for hydroxylation is 1. The van der Waals surface area contributed by atoms with Crippen LogP contribution in [0.5, 0.6) is 11.5 Å². The van der Waals surface area contributed by atoms with Crippen molar-refractivity contribution in [2.75, 3.05) is 0 Å². The number of hydrogen-bond acceptors (Lipinski definition) is 3. The van der Waals surface area contributed by atoms with Crippen molar-refractivity contribution in [3.05, 3.63) is 132 Å². The van der Waals surface area contributed by atoms with E-state index in [2.05, 4.69) is 127 Å². The molecule has 0 aliphatic rings. The fourth-order valence-corrected chi connectivity index (χ4v) is 6.84. The molecule has 0 atom stereocenters. The van der Waals surface area contributed by atoms with Crippen molar-refractivity contribution >= 4 is 21.8 Å². The van der Waals surface area contributed by atoms with Gasteiger partial charge in [0.25, 0.3) is 0 Å². The molecular weight excluding hydrogens is 784 g/mol. The molecule has 49 heavy (non-hydrogen) atoms. The number of hydrogen-bond donors (Lipinski definition) is 0. The van der Waals surface area contributed by atoms with E-state index < -0.39 is 0 Å². The van der Waals surface area contributed by atoms with Gasteiger partial charge in [-0.15, -0.1) is 35.7 Å². The standard InChI is InChI=1S/C43H42N4O.Pt/c1-27(2)34-18-19-37(43(6,7)8)41(28(3)4)42(34)30-25-45-46(26-30)31-12-11-13-32(23-31)48-33-16-17-36-35-14-9-10-15-38(35)47(39(36)24-33)40-22-29(5)20-21-44-40;/h9-22,25-28H,1-8H3;/q-2;+2. The Balaban J connectivity index is 0.00000417. The molecule has 4 aromatic carbocycles. The molecule has 7 rings (SSSR count). The summed E-state index contributed by atoms with van der Waals surface area (Å²) in [4.78, 5) is 4.70. The van der Waals surface area contributed by atoms with Gasteiger partial charge in [0.2, 0.25) is 0 Å². The van der Waals surface area contributed by atoms with Crippen LogP contribution in [0.15, 0.2) is 97.5 Å². The Morgan fingerprint density at radius 3 is 2.31 bits per heavy atom. The summed E-state index contributed by atoms with van der Waals surface area (Å²) in [5.41, 5.74) is 10.5. The Morgan fingerprint density at radius 2 is 1.57 bits per heavy atom. The van der Waals surface area contributed by atoms with E-state index in [1.165, 1.54) is 22.3 Å². The molecule has 0 N–H and O–H groups in total. The summed E-state index contributed by atoms with van der Waals surface area (Å²) < 4.78 is 10.5. The first-order valence-electron chi connectivity index (χ1n) is 16.8. The second-order valence-electron chi connectivity index (χ2n) is 14.4. The Bertz CT molecular complexity index is 2290. The van der Waals surface area contributed by atoms with Gasteiger partial charge in [0, 0.05) is 35.0 Å². The zero-order valence-corrected chi connectivity index (χ0v) is 31.7. The molecule has 3 aromatic heterocycles. The summed E-state index contributed by atoms with van der Waals surface area (Å²) in [5.74, 6) is 2.81. The first kappa shape index (κ1) is 34.4. The maximum absolute atomic E-state index is 6.42. The number of nitrogens with zero attached hydrogens (tertiary/aromatic N) is 4. The average molecular weight is 826 g/mol. The quantitative estimate of drug-likeness (QED) is 0.150. The molecule has 0 aliphatic heterocycles. The third kappa shape index (κ3) is 6.49. The van der Waals surface area contributed by atoms with E-state index >= 15 is 0 Å². The third-order valence-corrected chi connectivity index (χ3v) is 9.06. The van der Waals surface area contributed by atoms with Crippen molar-refractivity contribution in [2.45, 2.75) is 72.6 Å². The van der Waals surface area contributed by atoms with Crippen LogP contribution >= 0.6 is 0 Å². The molecule has 0 saturated carbocycles. The molecule has 3 heterocycles. The van der Waals surface area contributed by atoms with Crippen molar-refractivity contribution in [3.8, 4) is 34.1 Å².